The predicted molar refractivity (Wildman–Crippen MR) is 85.8 cm³/mol. The Bertz CT molecular complexity index is 843. The van der Waals surface area contributed by atoms with Crippen LogP contribution in [0.2, 0.25) is 10.2 Å². The Hall–Kier alpha value is -1.78. The van der Waals surface area contributed by atoms with Crippen molar-refractivity contribution in [3.63, 3.8) is 0 Å². The lowest BCUT2D eigenvalue weighted by Gasteiger charge is -2.05. The molecule has 0 N–H and O–H groups in total. The molecular weight excluding hydrogens is 321 g/mol. The highest BCUT2D eigenvalue weighted by Crippen LogP contribution is 2.39. The van der Waals surface area contributed by atoms with Gasteiger partial charge in [-0.3, -0.25) is 0 Å². The second-order valence-corrected chi connectivity index (χ2v) is 6.25. The fourth-order valence-electron chi connectivity index (χ4n) is 2.45. The lowest BCUT2D eigenvalue weighted by atomic mass is 10.2. The van der Waals surface area contributed by atoms with Crippen LogP contribution in [0.15, 0.2) is 36.8 Å². The van der Waals surface area contributed by atoms with E-state index in [4.69, 9.17) is 27.9 Å². The zero-order chi connectivity index (χ0) is 15.1. The van der Waals surface area contributed by atoms with E-state index in [1.165, 1.54) is 24.6 Å². The van der Waals surface area contributed by atoms with Crippen LogP contribution >= 0.6 is 23.2 Å². The minimum Gasteiger partial charge on any atom is -0.485 e. The van der Waals surface area contributed by atoms with Crippen molar-refractivity contribution in [2.24, 2.45) is 0 Å². The molecule has 0 amide bonds. The minimum absolute atomic E-state index is 0.334. The summed E-state index contributed by atoms with van der Waals surface area (Å²) in [6.07, 6.45) is 8.19. The van der Waals surface area contributed by atoms with Crippen molar-refractivity contribution in [2.75, 3.05) is 0 Å². The highest BCUT2D eigenvalue weighted by molar-refractivity contribution is 6.33. The van der Waals surface area contributed by atoms with Gasteiger partial charge in [0.2, 0.25) is 0 Å². The van der Waals surface area contributed by atoms with E-state index in [0.29, 0.717) is 22.5 Å². The van der Waals surface area contributed by atoms with E-state index in [0.717, 1.165) is 17.3 Å². The summed E-state index contributed by atoms with van der Waals surface area (Å²) in [5.41, 5.74) is 3.14. The molecule has 22 heavy (non-hydrogen) atoms. The molecule has 0 saturated heterocycles. The van der Waals surface area contributed by atoms with Gasteiger partial charge in [-0.1, -0.05) is 29.3 Å². The van der Waals surface area contributed by atoms with Crippen LogP contribution in [0.5, 0.6) is 5.75 Å². The van der Waals surface area contributed by atoms with Gasteiger partial charge in [-0.2, -0.15) is 0 Å². The number of nitrogens with zero attached hydrogens (tertiary/aromatic N) is 3. The van der Waals surface area contributed by atoms with E-state index in [1.54, 1.807) is 6.07 Å². The number of rotatable bonds is 4. The molecule has 0 spiro atoms. The van der Waals surface area contributed by atoms with E-state index in [1.807, 2.05) is 16.7 Å². The molecule has 0 radical (unpaired) electrons. The molecule has 0 unspecified atom stereocenters. The fraction of sp³-hybridized carbons (Fsp3) is 0.250. The maximum Gasteiger partial charge on any atom is 0.143 e. The van der Waals surface area contributed by atoms with Crippen LogP contribution in [-0.2, 0) is 6.61 Å². The van der Waals surface area contributed by atoms with Gasteiger partial charge in [0.05, 0.1) is 11.9 Å². The Morgan fingerprint density at radius 2 is 2.09 bits per heavy atom. The van der Waals surface area contributed by atoms with Gasteiger partial charge >= 0.3 is 0 Å². The quantitative estimate of drug-likeness (QED) is 0.660. The Labute approximate surface area is 137 Å². The molecule has 4 nitrogen and oxygen atoms in total. The summed E-state index contributed by atoms with van der Waals surface area (Å²) in [6.45, 7) is 0.334. The Morgan fingerprint density at radius 3 is 2.91 bits per heavy atom. The molecule has 3 aromatic rings. The van der Waals surface area contributed by atoms with Crippen LogP contribution in [-0.4, -0.2) is 14.4 Å². The number of hydrogen-bond acceptors (Lipinski definition) is 3. The summed E-state index contributed by atoms with van der Waals surface area (Å²) in [5, 5.41) is 0.785. The molecule has 3 heterocycles. The predicted octanol–water partition coefficient (Wildman–Crippen LogP) is 4.49. The zero-order valence-corrected chi connectivity index (χ0v) is 13.2. The maximum absolute atomic E-state index is 6.03. The molecule has 6 heteroatoms. The van der Waals surface area contributed by atoms with Crippen molar-refractivity contribution >= 4 is 28.8 Å². The highest BCUT2D eigenvalue weighted by Gasteiger charge is 2.23. The van der Waals surface area contributed by atoms with E-state index in [9.17, 15) is 0 Å². The van der Waals surface area contributed by atoms with Gasteiger partial charge in [-0.25, -0.2) is 9.97 Å². The molecule has 3 aromatic heterocycles. The highest BCUT2D eigenvalue weighted by atomic mass is 35.5. The summed E-state index contributed by atoms with van der Waals surface area (Å²) < 4.78 is 7.74. The van der Waals surface area contributed by atoms with Gasteiger partial charge in [0.15, 0.2) is 0 Å². The Balaban J connectivity index is 1.55. The number of ether oxygens (including phenoxy) is 1. The second-order valence-electron chi connectivity index (χ2n) is 5.46. The first-order chi connectivity index (χ1) is 10.7. The van der Waals surface area contributed by atoms with E-state index in [2.05, 4.69) is 22.2 Å². The summed E-state index contributed by atoms with van der Waals surface area (Å²) in [5.74, 6) is 1.24. The monoisotopic (exact) mass is 333 g/mol. The largest absolute Gasteiger partial charge is 0.485 e. The van der Waals surface area contributed by atoms with Crippen molar-refractivity contribution in [3.8, 4) is 5.75 Å². The number of imidazole rings is 1. The number of halogens is 2. The number of hydrogen-bond donors (Lipinski definition) is 0. The molecule has 1 aliphatic rings. The Morgan fingerprint density at radius 1 is 1.23 bits per heavy atom. The molecule has 1 saturated carbocycles. The summed E-state index contributed by atoms with van der Waals surface area (Å²) in [4.78, 5) is 8.44. The van der Waals surface area contributed by atoms with Crippen molar-refractivity contribution in [2.45, 2.75) is 25.4 Å². The van der Waals surface area contributed by atoms with Gasteiger partial charge in [0, 0.05) is 18.5 Å². The van der Waals surface area contributed by atoms with E-state index >= 15 is 0 Å². The van der Waals surface area contributed by atoms with Crippen LogP contribution in [0, 0.1) is 0 Å². The molecule has 0 atom stereocenters. The van der Waals surface area contributed by atoms with E-state index < -0.39 is 0 Å². The molecule has 0 aliphatic heterocycles. The number of fused-ring (bicyclic) bond motifs is 1. The van der Waals surface area contributed by atoms with Gasteiger partial charge in [0.1, 0.15) is 28.2 Å². The fourth-order valence-corrected chi connectivity index (χ4v) is 2.75. The molecule has 4 rings (SSSR count). The van der Waals surface area contributed by atoms with Gasteiger partial charge < -0.3 is 9.14 Å². The van der Waals surface area contributed by atoms with E-state index in [-0.39, 0.29) is 0 Å². The summed E-state index contributed by atoms with van der Waals surface area (Å²) in [6, 6.07) is 5.81. The normalized spacial score (nSPS) is 14.5. The zero-order valence-electron chi connectivity index (χ0n) is 11.7. The summed E-state index contributed by atoms with van der Waals surface area (Å²) in [7, 11) is 0. The third-order valence-electron chi connectivity index (χ3n) is 3.73. The standard InChI is InChI=1S/C16H13Cl2N3O/c17-13-6-19-15(18)5-14(13)22-9-12-8-21-7-11(10-1-2-10)3-4-16(21)20-12/h3-8,10H,1-2,9H2. The molecule has 0 bridgehead atoms. The van der Waals surface area contributed by atoms with Crippen LogP contribution in [0.25, 0.3) is 5.65 Å². The van der Waals surface area contributed by atoms with Gasteiger partial charge in [-0.15, -0.1) is 0 Å². The van der Waals surface area contributed by atoms with Crippen LogP contribution in [0.4, 0.5) is 0 Å². The van der Waals surface area contributed by atoms with Crippen molar-refractivity contribution in [3.05, 3.63) is 58.2 Å². The molecule has 1 aliphatic carbocycles. The third kappa shape index (κ3) is 2.76. The smallest absolute Gasteiger partial charge is 0.143 e. The molecule has 1 fully saturated rings. The maximum atomic E-state index is 6.03. The molecule has 112 valence electrons. The lowest BCUT2D eigenvalue weighted by Crippen LogP contribution is -1.96. The number of pyridine rings is 2. The minimum atomic E-state index is 0.334. The van der Waals surface area contributed by atoms with Crippen LogP contribution in [0.1, 0.15) is 30.0 Å². The third-order valence-corrected chi connectivity index (χ3v) is 4.23. The topological polar surface area (TPSA) is 39.4 Å². The Kier molecular flexibility index (Phi) is 3.43. The first-order valence-corrected chi connectivity index (χ1v) is 7.86. The number of aromatic nitrogens is 3. The molecular formula is C16H13Cl2N3O. The second kappa shape index (κ2) is 5.45. The van der Waals surface area contributed by atoms with Gasteiger partial charge in [0.25, 0.3) is 0 Å². The van der Waals surface area contributed by atoms with Crippen LogP contribution in [0.3, 0.4) is 0 Å². The van der Waals surface area contributed by atoms with Crippen molar-refractivity contribution in [1.82, 2.24) is 14.4 Å². The SMILES string of the molecule is Clc1cc(OCc2cn3cc(C4CC4)ccc3n2)c(Cl)cn1. The molecule has 0 aromatic carbocycles. The van der Waals surface area contributed by atoms with Crippen molar-refractivity contribution < 1.29 is 4.74 Å². The van der Waals surface area contributed by atoms with Crippen molar-refractivity contribution in [1.29, 1.82) is 0 Å². The van der Waals surface area contributed by atoms with Gasteiger partial charge in [-0.05, 0) is 30.4 Å². The average molecular weight is 334 g/mol. The van der Waals surface area contributed by atoms with Crippen LogP contribution < -0.4 is 4.74 Å². The lowest BCUT2D eigenvalue weighted by molar-refractivity contribution is 0.302. The summed E-state index contributed by atoms with van der Waals surface area (Å²) >= 11 is 11.9. The average Bonchev–Trinajstić information content (AvgIpc) is 3.28. The first kappa shape index (κ1) is 13.9. The first-order valence-electron chi connectivity index (χ1n) is 7.10.